The average molecular weight is 514 g/mol. The molecule has 1 atom stereocenters. The minimum Gasteiger partial charge on any atom is -0.444 e. The first-order valence-corrected chi connectivity index (χ1v) is 11.4. The molecule has 2 aliphatic rings. The van der Waals surface area contributed by atoms with Crippen molar-refractivity contribution in [1.29, 1.82) is 0 Å². The molecule has 0 N–H and O–H groups in total. The van der Waals surface area contributed by atoms with Crippen molar-refractivity contribution < 1.29 is 31.9 Å². The molecule has 14 heteroatoms. The van der Waals surface area contributed by atoms with Crippen LogP contribution in [-0.4, -0.2) is 66.4 Å². The van der Waals surface area contributed by atoms with Gasteiger partial charge in [0.05, 0.1) is 19.6 Å². The van der Waals surface area contributed by atoms with Crippen molar-refractivity contribution in [3.8, 4) is 0 Å². The van der Waals surface area contributed by atoms with E-state index in [9.17, 15) is 31.9 Å². The molecule has 2 amide bonds. The van der Waals surface area contributed by atoms with Crippen LogP contribution in [0.15, 0.2) is 17.1 Å². The van der Waals surface area contributed by atoms with Crippen LogP contribution in [-0.2, 0) is 28.8 Å². The van der Waals surface area contributed by atoms with Crippen molar-refractivity contribution in [2.24, 2.45) is 0 Å². The Hall–Kier alpha value is -3.45. The van der Waals surface area contributed by atoms with Gasteiger partial charge in [-0.1, -0.05) is 0 Å². The number of rotatable bonds is 3. The van der Waals surface area contributed by atoms with Crippen LogP contribution in [0, 0.1) is 5.82 Å². The lowest BCUT2D eigenvalue weighted by molar-refractivity contribution is -0.143. The summed E-state index contributed by atoms with van der Waals surface area (Å²) in [6, 6.07) is -0.0801. The van der Waals surface area contributed by atoms with Crippen LogP contribution in [0.1, 0.15) is 56.7 Å². The maximum atomic E-state index is 14.5. The molecule has 1 fully saturated rings. The summed E-state index contributed by atoms with van der Waals surface area (Å²) in [6.45, 7) is 5.12. The van der Waals surface area contributed by atoms with Crippen molar-refractivity contribution in [2.45, 2.75) is 64.5 Å². The van der Waals surface area contributed by atoms with Gasteiger partial charge in [0.15, 0.2) is 17.3 Å². The van der Waals surface area contributed by atoms with E-state index in [1.54, 1.807) is 25.7 Å². The summed E-state index contributed by atoms with van der Waals surface area (Å²) in [6.07, 6.45) is -3.31. The normalized spacial score (nSPS) is 18.4. The van der Waals surface area contributed by atoms with Gasteiger partial charge in [0.1, 0.15) is 11.6 Å². The average Bonchev–Trinajstić information content (AvgIpc) is 3.41. The number of halogens is 4. The number of pyridine rings is 1. The number of aromatic nitrogens is 4. The lowest BCUT2D eigenvalue weighted by Gasteiger charge is -2.35. The molecule has 4 rings (SSSR count). The highest BCUT2D eigenvalue weighted by molar-refractivity contribution is 5.82. The van der Waals surface area contributed by atoms with Crippen LogP contribution in [0.25, 0.3) is 0 Å². The summed E-state index contributed by atoms with van der Waals surface area (Å²) >= 11 is 0. The summed E-state index contributed by atoms with van der Waals surface area (Å²) in [7, 11) is 0. The maximum absolute atomic E-state index is 14.5. The summed E-state index contributed by atoms with van der Waals surface area (Å²) < 4.78 is 61.1. The molecule has 2 aliphatic heterocycles. The first kappa shape index (κ1) is 25.6. The van der Waals surface area contributed by atoms with Gasteiger partial charge in [-0.2, -0.15) is 18.3 Å². The molecule has 0 aromatic carbocycles. The Bertz CT molecular complexity index is 1230. The van der Waals surface area contributed by atoms with Crippen LogP contribution in [0.5, 0.6) is 0 Å². The zero-order chi connectivity index (χ0) is 26.4. The maximum Gasteiger partial charge on any atom is 0.436 e. The van der Waals surface area contributed by atoms with Crippen LogP contribution in [0.4, 0.5) is 22.4 Å². The van der Waals surface area contributed by atoms with Crippen molar-refractivity contribution >= 4 is 12.0 Å². The van der Waals surface area contributed by atoms with Crippen LogP contribution in [0.3, 0.4) is 0 Å². The Kier molecular flexibility index (Phi) is 6.56. The minimum atomic E-state index is -5.01. The fourth-order valence-electron chi connectivity index (χ4n) is 4.28. The zero-order valence-electron chi connectivity index (χ0n) is 20.0. The molecule has 0 bridgehead atoms. The first-order valence-electron chi connectivity index (χ1n) is 11.4. The molecule has 0 spiro atoms. The monoisotopic (exact) mass is 514 g/mol. The van der Waals surface area contributed by atoms with E-state index in [4.69, 9.17) is 4.74 Å². The molecule has 0 radical (unpaired) electrons. The molecule has 2 aromatic rings. The number of likely N-dealkylation sites (tertiary alicyclic amines) is 1. The largest absolute Gasteiger partial charge is 0.444 e. The summed E-state index contributed by atoms with van der Waals surface area (Å²) in [5.41, 5.74) is -3.75. The second-order valence-electron chi connectivity index (χ2n) is 9.77. The Labute approximate surface area is 203 Å². The molecule has 4 heterocycles. The number of carbonyl (C=O) groups is 2. The highest BCUT2D eigenvalue weighted by Gasteiger charge is 2.40. The highest BCUT2D eigenvalue weighted by Crippen LogP contribution is 2.31. The smallest absolute Gasteiger partial charge is 0.436 e. The van der Waals surface area contributed by atoms with Crippen molar-refractivity contribution in [1.82, 2.24) is 29.1 Å². The van der Waals surface area contributed by atoms with Crippen LogP contribution < -0.4 is 5.69 Å². The third-order valence-corrected chi connectivity index (χ3v) is 5.89. The van der Waals surface area contributed by atoms with Gasteiger partial charge in [0, 0.05) is 24.8 Å². The molecule has 1 unspecified atom stereocenters. The predicted molar refractivity (Wildman–Crippen MR) is 116 cm³/mol. The Morgan fingerprint density at radius 1 is 1.14 bits per heavy atom. The number of hydrogen-bond donors (Lipinski definition) is 0. The number of carbonyl (C=O) groups excluding carboxylic acids is 2. The van der Waals surface area contributed by atoms with Crippen molar-refractivity contribution in [2.75, 3.05) is 19.6 Å². The molecule has 0 aliphatic carbocycles. The summed E-state index contributed by atoms with van der Waals surface area (Å²) in [4.78, 5) is 45.2. The van der Waals surface area contributed by atoms with E-state index in [1.165, 1.54) is 4.90 Å². The number of hydrogen-bond acceptors (Lipinski definition) is 6. The SMILES string of the molecule is CC(C)(C)OC(=O)N1Cc2nn(Cc3ccnc(C(F)(F)F)c3F)c(=O)n2C(C(=O)N2CCCC2)C1. The molecule has 0 saturated carbocycles. The van der Waals surface area contributed by atoms with Gasteiger partial charge in [-0.3, -0.25) is 14.3 Å². The van der Waals surface area contributed by atoms with Gasteiger partial charge in [-0.15, -0.1) is 0 Å². The van der Waals surface area contributed by atoms with Crippen molar-refractivity contribution in [3.63, 3.8) is 0 Å². The standard InChI is InChI=1S/C22H26F4N6O4/c1-21(2,3)36-20(35)30-11-14(18(33)29-8-4-5-9-29)32-15(12-30)28-31(19(32)34)10-13-6-7-27-17(16(13)23)22(24,25)26/h6-7,14H,4-5,8-12H2,1-3H3. The van der Waals surface area contributed by atoms with Gasteiger partial charge in [-0.25, -0.2) is 23.6 Å². The summed E-state index contributed by atoms with van der Waals surface area (Å²) in [5.74, 6) is -1.94. The molecule has 2 aromatic heterocycles. The molecular formula is C22H26F4N6O4. The van der Waals surface area contributed by atoms with Gasteiger partial charge < -0.3 is 9.64 Å². The molecule has 1 saturated heterocycles. The molecule has 196 valence electrons. The van der Waals surface area contributed by atoms with E-state index >= 15 is 0 Å². The van der Waals surface area contributed by atoms with Gasteiger partial charge in [-0.05, 0) is 39.7 Å². The third-order valence-electron chi connectivity index (χ3n) is 5.89. The zero-order valence-corrected chi connectivity index (χ0v) is 20.0. The molecule has 10 nitrogen and oxygen atoms in total. The molecule has 36 heavy (non-hydrogen) atoms. The lowest BCUT2D eigenvalue weighted by atomic mass is 10.1. The topological polar surface area (TPSA) is 103 Å². The van der Waals surface area contributed by atoms with Gasteiger partial charge >= 0.3 is 18.0 Å². The lowest BCUT2D eigenvalue weighted by Crippen LogP contribution is -2.50. The number of amides is 2. The molecular weight excluding hydrogens is 488 g/mol. The second-order valence-corrected chi connectivity index (χ2v) is 9.77. The van der Waals surface area contributed by atoms with E-state index in [2.05, 4.69) is 10.1 Å². The predicted octanol–water partition coefficient (Wildman–Crippen LogP) is 2.56. The van der Waals surface area contributed by atoms with E-state index in [1.807, 2.05) is 0 Å². The Balaban J connectivity index is 1.71. The van der Waals surface area contributed by atoms with Gasteiger partial charge in [0.25, 0.3) is 0 Å². The highest BCUT2D eigenvalue weighted by atomic mass is 19.4. The van der Waals surface area contributed by atoms with E-state index in [0.29, 0.717) is 13.1 Å². The fourth-order valence-corrected chi connectivity index (χ4v) is 4.28. The second kappa shape index (κ2) is 9.21. The Morgan fingerprint density at radius 2 is 1.81 bits per heavy atom. The number of fused-ring (bicyclic) bond motifs is 1. The summed E-state index contributed by atoms with van der Waals surface area (Å²) in [5, 5.41) is 4.15. The fraction of sp³-hybridized carbons (Fsp3) is 0.591. The Morgan fingerprint density at radius 3 is 2.42 bits per heavy atom. The number of alkyl halides is 3. The van der Waals surface area contributed by atoms with Gasteiger partial charge in [0.2, 0.25) is 5.91 Å². The van der Waals surface area contributed by atoms with E-state index in [0.717, 1.165) is 34.4 Å². The van der Waals surface area contributed by atoms with Crippen LogP contribution >= 0.6 is 0 Å². The first-order chi connectivity index (χ1) is 16.8. The minimum absolute atomic E-state index is 0.0418. The van der Waals surface area contributed by atoms with E-state index in [-0.39, 0.29) is 24.8 Å². The van der Waals surface area contributed by atoms with E-state index < -0.39 is 53.2 Å². The quantitative estimate of drug-likeness (QED) is 0.584. The van der Waals surface area contributed by atoms with Crippen molar-refractivity contribution in [3.05, 3.63) is 45.6 Å². The van der Waals surface area contributed by atoms with Crippen LogP contribution in [0.2, 0.25) is 0 Å². The third kappa shape index (κ3) is 5.07. The number of ether oxygens (including phenoxy) is 1. The number of nitrogens with zero attached hydrogens (tertiary/aromatic N) is 6.